The summed E-state index contributed by atoms with van der Waals surface area (Å²) in [6.07, 6.45) is 0.867. The fourth-order valence-corrected chi connectivity index (χ4v) is 2.57. The van der Waals surface area contributed by atoms with E-state index in [1.54, 1.807) is 25.2 Å². The fraction of sp³-hybridized carbons (Fsp3) is 0.308. The zero-order chi connectivity index (χ0) is 13.8. The Bertz CT molecular complexity index is 594. The zero-order valence-corrected chi connectivity index (χ0v) is 12.0. The normalized spacial score (nSPS) is 10.3. The molecular formula is C13H16N4OS. The Morgan fingerprint density at radius 2 is 2.16 bits per heavy atom. The van der Waals surface area contributed by atoms with E-state index in [4.69, 9.17) is 0 Å². The molecule has 6 heteroatoms. The molecule has 0 radical (unpaired) electrons. The molecule has 0 saturated carbocycles. The number of carbonyl (C=O) groups is 1. The van der Waals surface area contributed by atoms with Crippen LogP contribution in [-0.4, -0.2) is 22.9 Å². The molecule has 0 aromatic carbocycles. The van der Waals surface area contributed by atoms with E-state index >= 15 is 0 Å². The number of carbonyl (C=O) groups excluding carboxylic acids is 1. The van der Waals surface area contributed by atoms with E-state index in [1.807, 2.05) is 13.8 Å². The molecule has 2 aromatic heterocycles. The third kappa shape index (κ3) is 3.08. The molecule has 100 valence electrons. The number of amides is 1. The van der Waals surface area contributed by atoms with Crippen molar-refractivity contribution in [3.63, 3.8) is 0 Å². The van der Waals surface area contributed by atoms with Gasteiger partial charge < -0.3 is 5.32 Å². The molecule has 0 unspecified atom stereocenters. The summed E-state index contributed by atoms with van der Waals surface area (Å²) in [7, 11) is 1.77. The van der Waals surface area contributed by atoms with Crippen LogP contribution in [0.4, 0.5) is 10.9 Å². The van der Waals surface area contributed by atoms with Gasteiger partial charge in [-0.1, -0.05) is 13.0 Å². The van der Waals surface area contributed by atoms with Gasteiger partial charge in [0.05, 0.1) is 5.69 Å². The second-order valence-electron chi connectivity index (χ2n) is 3.99. The first-order chi connectivity index (χ1) is 9.13. The molecule has 0 atom stereocenters. The Balaban J connectivity index is 2.15. The van der Waals surface area contributed by atoms with E-state index < -0.39 is 0 Å². The molecule has 2 N–H and O–H groups in total. The van der Waals surface area contributed by atoms with Crippen LogP contribution in [0.2, 0.25) is 0 Å². The number of anilines is 2. The van der Waals surface area contributed by atoms with Gasteiger partial charge >= 0.3 is 0 Å². The van der Waals surface area contributed by atoms with Gasteiger partial charge in [-0.05, 0) is 25.5 Å². The van der Waals surface area contributed by atoms with Crippen LogP contribution in [0, 0.1) is 6.92 Å². The molecular weight excluding hydrogens is 260 g/mol. The first kappa shape index (κ1) is 13.5. The van der Waals surface area contributed by atoms with Gasteiger partial charge in [0.15, 0.2) is 5.13 Å². The van der Waals surface area contributed by atoms with Crippen molar-refractivity contribution in [3.05, 3.63) is 34.5 Å². The van der Waals surface area contributed by atoms with Gasteiger partial charge in [-0.25, -0.2) is 9.97 Å². The van der Waals surface area contributed by atoms with E-state index in [2.05, 4.69) is 20.6 Å². The predicted octanol–water partition coefficient (Wildman–Crippen LogP) is 2.70. The molecule has 0 saturated heterocycles. The van der Waals surface area contributed by atoms with E-state index in [1.165, 1.54) is 11.3 Å². The molecule has 2 heterocycles. The molecule has 0 bridgehead atoms. The van der Waals surface area contributed by atoms with Gasteiger partial charge in [-0.2, -0.15) is 0 Å². The van der Waals surface area contributed by atoms with Crippen molar-refractivity contribution in [3.8, 4) is 0 Å². The van der Waals surface area contributed by atoms with Crippen LogP contribution in [0.25, 0.3) is 0 Å². The monoisotopic (exact) mass is 276 g/mol. The maximum Gasteiger partial charge on any atom is 0.276 e. The second kappa shape index (κ2) is 5.79. The highest BCUT2D eigenvalue weighted by molar-refractivity contribution is 7.15. The summed E-state index contributed by atoms with van der Waals surface area (Å²) >= 11 is 1.49. The number of hydrogen-bond donors (Lipinski definition) is 2. The van der Waals surface area contributed by atoms with Crippen LogP contribution >= 0.6 is 11.3 Å². The summed E-state index contributed by atoms with van der Waals surface area (Å²) in [6, 6.07) is 5.27. The number of pyridine rings is 1. The number of aryl methyl sites for hydroxylation is 2. The highest BCUT2D eigenvalue weighted by Crippen LogP contribution is 2.22. The summed E-state index contributed by atoms with van der Waals surface area (Å²) < 4.78 is 0. The smallest absolute Gasteiger partial charge is 0.276 e. The van der Waals surface area contributed by atoms with Crippen LogP contribution in [0.5, 0.6) is 0 Å². The molecule has 0 fully saturated rings. The van der Waals surface area contributed by atoms with Crippen molar-refractivity contribution in [2.24, 2.45) is 0 Å². The summed E-state index contributed by atoms with van der Waals surface area (Å²) in [6.45, 7) is 4.05. The first-order valence-electron chi connectivity index (χ1n) is 6.06. The molecule has 5 nitrogen and oxygen atoms in total. The molecule has 19 heavy (non-hydrogen) atoms. The SMILES string of the molecule is CCc1nc(NC(=O)c2cccc(NC)n2)sc1C. The number of hydrogen-bond acceptors (Lipinski definition) is 5. The van der Waals surface area contributed by atoms with E-state index in [9.17, 15) is 4.79 Å². The van der Waals surface area contributed by atoms with Gasteiger partial charge in [0.2, 0.25) is 0 Å². The number of nitrogens with zero attached hydrogens (tertiary/aromatic N) is 2. The van der Waals surface area contributed by atoms with Crippen molar-refractivity contribution in [2.75, 3.05) is 17.7 Å². The maximum absolute atomic E-state index is 12.1. The fourth-order valence-electron chi connectivity index (χ4n) is 1.67. The van der Waals surface area contributed by atoms with Crippen molar-refractivity contribution >= 4 is 28.2 Å². The Kier molecular flexibility index (Phi) is 4.11. The lowest BCUT2D eigenvalue weighted by Crippen LogP contribution is -2.14. The summed E-state index contributed by atoms with van der Waals surface area (Å²) in [5.41, 5.74) is 1.40. The van der Waals surface area contributed by atoms with Crippen molar-refractivity contribution in [1.82, 2.24) is 9.97 Å². The first-order valence-corrected chi connectivity index (χ1v) is 6.88. The van der Waals surface area contributed by atoms with Gasteiger partial charge in [0.1, 0.15) is 11.5 Å². The highest BCUT2D eigenvalue weighted by Gasteiger charge is 2.12. The standard InChI is InChI=1S/C13H16N4OS/c1-4-9-8(2)19-13(16-9)17-12(18)10-6-5-7-11(14-3)15-10/h5-7H,4H2,1-3H3,(H,14,15)(H,16,17,18). The van der Waals surface area contributed by atoms with Crippen LogP contribution in [0.3, 0.4) is 0 Å². The van der Waals surface area contributed by atoms with Crippen LogP contribution in [0.1, 0.15) is 28.0 Å². The third-order valence-electron chi connectivity index (χ3n) is 2.69. The van der Waals surface area contributed by atoms with Gasteiger partial charge in [-0.3, -0.25) is 10.1 Å². The second-order valence-corrected chi connectivity index (χ2v) is 5.19. The molecule has 2 rings (SSSR count). The van der Waals surface area contributed by atoms with Crippen molar-refractivity contribution in [1.29, 1.82) is 0 Å². The summed E-state index contributed by atoms with van der Waals surface area (Å²) in [5.74, 6) is 0.422. The van der Waals surface area contributed by atoms with Gasteiger partial charge in [-0.15, -0.1) is 11.3 Å². The van der Waals surface area contributed by atoms with Crippen molar-refractivity contribution < 1.29 is 4.79 Å². The Labute approximate surface area is 116 Å². The topological polar surface area (TPSA) is 66.9 Å². The van der Waals surface area contributed by atoms with Crippen LogP contribution in [-0.2, 0) is 6.42 Å². The third-order valence-corrected chi connectivity index (χ3v) is 3.61. The summed E-state index contributed by atoms with van der Waals surface area (Å²) in [4.78, 5) is 21.8. The zero-order valence-electron chi connectivity index (χ0n) is 11.2. The average molecular weight is 276 g/mol. The lowest BCUT2D eigenvalue weighted by atomic mass is 10.3. The minimum absolute atomic E-state index is 0.242. The average Bonchev–Trinajstić information content (AvgIpc) is 2.78. The lowest BCUT2D eigenvalue weighted by molar-refractivity contribution is 0.102. The van der Waals surface area contributed by atoms with Crippen LogP contribution < -0.4 is 10.6 Å². The highest BCUT2D eigenvalue weighted by atomic mass is 32.1. The number of rotatable bonds is 4. The van der Waals surface area contributed by atoms with Crippen LogP contribution in [0.15, 0.2) is 18.2 Å². The van der Waals surface area contributed by atoms with E-state index in [-0.39, 0.29) is 5.91 Å². The minimum Gasteiger partial charge on any atom is -0.373 e. The Hall–Kier alpha value is -1.95. The minimum atomic E-state index is -0.242. The molecule has 2 aromatic rings. The van der Waals surface area contributed by atoms with E-state index in [0.717, 1.165) is 17.0 Å². The Morgan fingerprint density at radius 1 is 1.37 bits per heavy atom. The predicted molar refractivity (Wildman–Crippen MR) is 78.0 cm³/mol. The van der Waals surface area contributed by atoms with Gasteiger partial charge in [0.25, 0.3) is 5.91 Å². The largest absolute Gasteiger partial charge is 0.373 e. The number of nitrogens with one attached hydrogen (secondary N) is 2. The lowest BCUT2D eigenvalue weighted by Gasteiger charge is -2.03. The Morgan fingerprint density at radius 3 is 2.79 bits per heavy atom. The quantitative estimate of drug-likeness (QED) is 0.901. The number of thiazole rings is 1. The molecule has 0 spiro atoms. The maximum atomic E-state index is 12.1. The summed E-state index contributed by atoms with van der Waals surface area (Å²) in [5, 5.41) is 6.31. The molecule has 1 amide bonds. The van der Waals surface area contributed by atoms with Crippen molar-refractivity contribution in [2.45, 2.75) is 20.3 Å². The molecule has 0 aliphatic heterocycles. The molecule has 0 aliphatic rings. The van der Waals surface area contributed by atoms with Gasteiger partial charge in [0, 0.05) is 11.9 Å². The van der Waals surface area contributed by atoms with E-state index in [0.29, 0.717) is 16.6 Å². The number of aromatic nitrogens is 2. The molecule has 0 aliphatic carbocycles.